The largest absolute Gasteiger partial charge is 0.355 e. The van der Waals surface area contributed by atoms with Crippen LogP contribution < -0.4 is 0 Å². The minimum Gasteiger partial charge on any atom is -0.355 e. The van der Waals surface area contributed by atoms with Crippen LogP contribution >= 0.6 is 0 Å². The molecule has 0 saturated carbocycles. The molecule has 5 heterocycles. The van der Waals surface area contributed by atoms with Gasteiger partial charge < -0.3 is 9.55 Å². The second kappa shape index (κ2) is 13.9. The van der Waals surface area contributed by atoms with Gasteiger partial charge in [-0.05, 0) is 111 Å². The van der Waals surface area contributed by atoms with Crippen molar-refractivity contribution in [3.63, 3.8) is 0 Å². The molecular weight excluding hydrogens is 696 g/mol. The van der Waals surface area contributed by atoms with Crippen molar-refractivity contribution in [2.75, 3.05) is 0 Å². The van der Waals surface area contributed by atoms with Gasteiger partial charge in [-0.15, -0.1) is 0 Å². The Balaban J connectivity index is 0.00000400. The summed E-state index contributed by atoms with van der Waals surface area (Å²) in [6.45, 7) is 8.57. The molecule has 53 heavy (non-hydrogen) atoms. The Morgan fingerprint density at radius 3 is 1.42 bits per heavy atom. The van der Waals surface area contributed by atoms with Crippen molar-refractivity contribution in [3.05, 3.63) is 172 Å². The first kappa shape index (κ1) is 34.1. The first-order valence-electron chi connectivity index (χ1n) is 17.8. The van der Waals surface area contributed by atoms with Crippen LogP contribution in [0.3, 0.4) is 0 Å². The van der Waals surface area contributed by atoms with Gasteiger partial charge in [-0.25, -0.2) is 9.97 Å². The molecule has 0 saturated heterocycles. The number of nitrogens with one attached hydrogen (secondary N) is 1. The van der Waals surface area contributed by atoms with Crippen LogP contribution in [-0.2, 0) is 17.1 Å². The number of nitrogens with zero attached hydrogens (tertiary/aromatic N) is 3. The first-order chi connectivity index (χ1) is 25.4. The van der Waals surface area contributed by atoms with Crippen molar-refractivity contribution in [3.8, 4) is 39.1 Å². The summed E-state index contributed by atoms with van der Waals surface area (Å²) < 4.78 is 2.44. The Kier molecular flexibility index (Phi) is 8.91. The van der Waals surface area contributed by atoms with Gasteiger partial charge in [-0.1, -0.05) is 107 Å². The predicted molar refractivity (Wildman–Crippen MR) is 219 cm³/mol. The van der Waals surface area contributed by atoms with Crippen LogP contribution in [0.5, 0.6) is 0 Å². The third kappa shape index (κ3) is 6.51. The molecule has 0 atom stereocenters. The zero-order valence-corrected chi connectivity index (χ0v) is 31.0. The van der Waals surface area contributed by atoms with Crippen LogP contribution in [-0.4, -0.2) is 19.5 Å². The predicted octanol–water partition coefficient (Wildman–Crippen LogP) is 12.4. The van der Waals surface area contributed by atoms with Crippen molar-refractivity contribution in [2.24, 2.45) is 0 Å². The van der Waals surface area contributed by atoms with Gasteiger partial charge >= 0.3 is 0 Å². The number of rotatable bonds is 4. The number of fused-ring (bicyclic) bond motifs is 8. The van der Waals surface area contributed by atoms with E-state index >= 15 is 0 Å². The van der Waals surface area contributed by atoms with Gasteiger partial charge in [0.15, 0.2) is 0 Å². The molecule has 1 N–H and O–H groups in total. The van der Waals surface area contributed by atoms with E-state index in [0.717, 1.165) is 83.9 Å². The van der Waals surface area contributed by atoms with Crippen molar-refractivity contribution >= 4 is 46.4 Å². The maximum Gasteiger partial charge on any atom is 0.0737 e. The number of H-pyrrole nitrogens is 1. The Bertz CT molecular complexity index is 2730. The molecule has 7 aromatic rings. The maximum absolute atomic E-state index is 5.35. The van der Waals surface area contributed by atoms with E-state index in [0.29, 0.717) is 0 Å². The zero-order valence-electron chi connectivity index (χ0n) is 30.1. The van der Waals surface area contributed by atoms with E-state index in [4.69, 9.17) is 9.97 Å². The third-order valence-corrected chi connectivity index (χ3v) is 9.98. The number of hydrogen-bond acceptors (Lipinski definition) is 2. The number of aromatic amines is 1. The minimum absolute atomic E-state index is 0. The normalized spacial score (nSPS) is 11.8. The van der Waals surface area contributed by atoms with E-state index in [9.17, 15) is 0 Å². The molecule has 8 bridgehead atoms. The minimum atomic E-state index is 0. The molecule has 261 valence electrons. The fourth-order valence-corrected chi connectivity index (χ4v) is 7.28. The molecule has 0 fully saturated rings. The maximum atomic E-state index is 5.35. The van der Waals surface area contributed by atoms with Gasteiger partial charge in [0.25, 0.3) is 0 Å². The molecule has 2 aliphatic rings. The summed E-state index contributed by atoms with van der Waals surface area (Å²) in [4.78, 5) is 14.0. The van der Waals surface area contributed by atoms with Gasteiger partial charge in [-0.2, -0.15) is 0 Å². The summed E-state index contributed by atoms with van der Waals surface area (Å²) in [6.07, 6.45) is 8.50. The van der Waals surface area contributed by atoms with Crippen molar-refractivity contribution in [1.82, 2.24) is 19.5 Å². The number of aryl methyl sites for hydroxylation is 4. The van der Waals surface area contributed by atoms with Gasteiger partial charge in [0.1, 0.15) is 0 Å². The van der Waals surface area contributed by atoms with E-state index in [1.54, 1.807) is 0 Å². The van der Waals surface area contributed by atoms with Crippen LogP contribution in [0.4, 0.5) is 0 Å². The summed E-state index contributed by atoms with van der Waals surface area (Å²) in [5.41, 5.74) is 20.4. The zero-order chi connectivity index (χ0) is 35.3. The van der Waals surface area contributed by atoms with Crippen LogP contribution in [0, 0.1) is 27.7 Å². The molecule has 2 aliphatic heterocycles. The number of benzene rings is 4. The molecule has 1 radical (unpaired) electrons. The second-order valence-corrected chi connectivity index (χ2v) is 14.0. The van der Waals surface area contributed by atoms with Crippen LogP contribution in [0.25, 0.3) is 85.4 Å². The van der Waals surface area contributed by atoms with Crippen LogP contribution in [0.2, 0.25) is 0 Å². The molecule has 4 aromatic carbocycles. The molecule has 5 heteroatoms. The summed E-state index contributed by atoms with van der Waals surface area (Å²) in [5.74, 6) is 0. The van der Waals surface area contributed by atoms with Crippen LogP contribution in [0.1, 0.15) is 45.0 Å². The van der Waals surface area contributed by atoms with E-state index < -0.39 is 0 Å². The van der Waals surface area contributed by atoms with Crippen molar-refractivity contribution < 1.29 is 17.1 Å². The quantitative estimate of drug-likeness (QED) is 0.183. The van der Waals surface area contributed by atoms with Crippen molar-refractivity contribution in [2.45, 2.75) is 27.7 Å². The fraction of sp³-hybridized carbons (Fsp3) is 0.0833. The Hall–Kier alpha value is -6.00. The molecule has 3 aromatic heterocycles. The van der Waals surface area contributed by atoms with Crippen molar-refractivity contribution in [1.29, 1.82) is 0 Å². The van der Waals surface area contributed by atoms with E-state index in [-0.39, 0.29) is 17.1 Å². The molecular formula is C48H38CuN4. The molecule has 9 rings (SSSR count). The first-order valence-corrected chi connectivity index (χ1v) is 17.8. The average molecular weight is 734 g/mol. The molecule has 0 amide bonds. The van der Waals surface area contributed by atoms with E-state index in [1.807, 2.05) is 0 Å². The standard InChI is InChI=1S/C48H38N4.Cu/c1-30-5-13-34(14-6-30)45-43-26-23-40(51-43)28-39-20-19-37(49-39)27-38-21-22-41(50-38)29-44-46(35-15-7-31(2)8-16-35)47(36-17-9-32(3)10-18-36)48(45)52(44)42-24-11-33(4)12-25-42;/h5-29,49H,1-4H3;. The second-order valence-electron chi connectivity index (χ2n) is 14.0. The smallest absolute Gasteiger partial charge is 0.0737 e. The summed E-state index contributed by atoms with van der Waals surface area (Å²) in [6, 6.07) is 46.2. The van der Waals surface area contributed by atoms with Gasteiger partial charge in [0.05, 0.1) is 33.8 Å². The Morgan fingerprint density at radius 2 is 0.868 bits per heavy atom. The molecule has 0 unspecified atom stereocenters. The van der Waals surface area contributed by atoms with Gasteiger partial charge in [0, 0.05) is 50.5 Å². The van der Waals surface area contributed by atoms with E-state index in [2.05, 4.69) is 189 Å². The Morgan fingerprint density at radius 1 is 0.434 bits per heavy atom. The molecule has 0 aliphatic carbocycles. The van der Waals surface area contributed by atoms with E-state index in [1.165, 1.54) is 22.3 Å². The van der Waals surface area contributed by atoms with Gasteiger partial charge in [-0.3, -0.25) is 0 Å². The fourth-order valence-electron chi connectivity index (χ4n) is 7.28. The third-order valence-electron chi connectivity index (χ3n) is 9.98. The average Bonchev–Trinajstić information content (AvgIpc) is 3.95. The summed E-state index contributed by atoms with van der Waals surface area (Å²) >= 11 is 0. The number of hydrogen-bond donors (Lipinski definition) is 1. The SMILES string of the molecule is Cc1ccc(-c2c(-c3ccc(C)cc3)c3c(-c4ccc(C)cc4)c4nc(cc5ccc(cc6nc(cc2n3-c2ccc(C)cc2)C=C6)[nH]5)C=C4)cc1.[Cu]. The van der Waals surface area contributed by atoms with Gasteiger partial charge in [0.2, 0.25) is 0 Å². The monoisotopic (exact) mass is 733 g/mol. The molecule has 4 nitrogen and oxygen atoms in total. The van der Waals surface area contributed by atoms with Crippen LogP contribution in [0.15, 0.2) is 127 Å². The summed E-state index contributed by atoms with van der Waals surface area (Å²) in [5, 5.41) is 0. The summed E-state index contributed by atoms with van der Waals surface area (Å²) in [7, 11) is 0. The Labute approximate surface area is 320 Å². The topological polar surface area (TPSA) is 46.5 Å². The number of aromatic nitrogens is 4. The molecule has 0 spiro atoms.